The van der Waals surface area contributed by atoms with Crippen LogP contribution < -0.4 is 0 Å². The molecule has 2 aromatic carbocycles. The summed E-state index contributed by atoms with van der Waals surface area (Å²) in [5, 5.41) is 0.945. The van der Waals surface area contributed by atoms with Crippen LogP contribution in [-0.2, 0) is 0 Å². The molecule has 0 saturated heterocycles. The maximum Gasteiger partial charge on any atom is 0.173 e. The second kappa shape index (κ2) is 5.89. The van der Waals surface area contributed by atoms with E-state index in [-0.39, 0.29) is 5.82 Å². The standard InChI is InChI=1S/C19H13FN2S/c20-17-10-8-13(9-11-17)15-6-3-7-16(12-15)18-21-19(23-22-18)14-4-1-2-5-14/h1,3-12H,2H2. The van der Waals surface area contributed by atoms with Gasteiger partial charge in [0.2, 0.25) is 0 Å². The monoisotopic (exact) mass is 320 g/mol. The lowest BCUT2D eigenvalue weighted by molar-refractivity contribution is 0.628. The number of allylic oxidation sites excluding steroid dienone is 4. The van der Waals surface area contributed by atoms with E-state index in [2.05, 4.69) is 27.6 Å². The number of halogens is 1. The van der Waals surface area contributed by atoms with Crippen LogP contribution in [0.25, 0.3) is 28.1 Å². The fourth-order valence-electron chi connectivity index (χ4n) is 2.55. The molecule has 0 atom stereocenters. The molecule has 1 aliphatic carbocycles. The van der Waals surface area contributed by atoms with Gasteiger partial charge in [0.15, 0.2) is 5.82 Å². The number of rotatable bonds is 3. The van der Waals surface area contributed by atoms with Gasteiger partial charge in [-0.25, -0.2) is 9.37 Å². The van der Waals surface area contributed by atoms with Gasteiger partial charge >= 0.3 is 0 Å². The Kier molecular flexibility index (Phi) is 3.60. The molecule has 3 aromatic rings. The minimum Gasteiger partial charge on any atom is -0.215 e. The fraction of sp³-hybridized carbons (Fsp3) is 0.0526. The molecule has 0 aliphatic heterocycles. The molecule has 0 saturated carbocycles. The summed E-state index contributed by atoms with van der Waals surface area (Å²) in [6, 6.07) is 14.5. The number of aromatic nitrogens is 2. The zero-order chi connectivity index (χ0) is 15.6. The van der Waals surface area contributed by atoms with E-state index in [0.29, 0.717) is 0 Å². The van der Waals surface area contributed by atoms with Gasteiger partial charge in [-0.1, -0.05) is 48.6 Å². The maximum atomic E-state index is 13.1. The zero-order valence-corrected chi connectivity index (χ0v) is 13.1. The molecule has 2 nitrogen and oxygen atoms in total. The Balaban J connectivity index is 1.68. The van der Waals surface area contributed by atoms with E-state index in [9.17, 15) is 4.39 Å². The predicted octanol–water partition coefficient (Wildman–Crippen LogP) is 5.35. The van der Waals surface area contributed by atoms with Gasteiger partial charge in [0.1, 0.15) is 10.8 Å². The van der Waals surface area contributed by atoms with Crippen molar-refractivity contribution in [3.8, 4) is 22.5 Å². The highest BCUT2D eigenvalue weighted by atomic mass is 32.1. The molecule has 0 radical (unpaired) electrons. The lowest BCUT2D eigenvalue weighted by Crippen LogP contribution is -1.84. The van der Waals surface area contributed by atoms with Crippen LogP contribution in [-0.4, -0.2) is 9.36 Å². The van der Waals surface area contributed by atoms with Crippen LogP contribution in [0.1, 0.15) is 11.4 Å². The normalized spacial score (nSPS) is 13.3. The number of benzene rings is 2. The molecule has 0 spiro atoms. The molecule has 0 bridgehead atoms. The second-order valence-corrected chi connectivity index (χ2v) is 6.06. The van der Waals surface area contributed by atoms with Crippen molar-refractivity contribution < 1.29 is 4.39 Å². The number of hydrogen-bond donors (Lipinski definition) is 0. The predicted molar refractivity (Wildman–Crippen MR) is 92.5 cm³/mol. The van der Waals surface area contributed by atoms with Crippen LogP contribution in [0.5, 0.6) is 0 Å². The molecule has 4 heteroatoms. The van der Waals surface area contributed by atoms with E-state index in [1.165, 1.54) is 23.7 Å². The first-order chi connectivity index (χ1) is 11.3. The summed E-state index contributed by atoms with van der Waals surface area (Å²) in [7, 11) is 0. The van der Waals surface area contributed by atoms with Crippen LogP contribution in [0.2, 0.25) is 0 Å². The van der Waals surface area contributed by atoms with Crippen LogP contribution in [0.4, 0.5) is 4.39 Å². The van der Waals surface area contributed by atoms with Gasteiger partial charge in [-0.15, -0.1) is 0 Å². The first-order valence-electron chi connectivity index (χ1n) is 7.37. The molecule has 4 rings (SSSR count). The van der Waals surface area contributed by atoms with Crippen molar-refractivity contribution in [3.63, 3.8) is 0 Å². The summed E-state index contributed by atoms with van der Waals surface area (Å²) in [4.78, 5) is 4.64. The third-order valence-electron chi connectivity index (χ3n) is 3.74. The second-order valence-electron chi connectivity index (χ2n) is 5.31. The van der Waals surface area contributed by atoms with E-state index in [4.69, 9.17) is 0 Å². The van der Waals surface area contributed by atoms with Gasteiger partial charge < -0.3 is 0 Å². The van der Waals surface area contributed by atoms with Crippen molar-refractivity contribution >= 4 is 17.1 Å². The van der Waals surface area contributed by atoms with Gasteiger partial charge in [-0.3, -0.25) is 0 Å². The molecule has 0 fully saturated rings. The van der Waals surface area contributed by atoms with Crippen molar-refractivity contribution in [1.29, 1.82) is 0 Å². The summed E-state index contributed by atoms with van der Waals surface area (Å²) < 4.78 is 17.5. The molecule has 23 heavy (non-hydrogen) atoms. The highest BCUT2D eigenvalue weighted by Crippen LogP contribution is 2.29. The summed E-state index contributed by atoms with van der Waals surface area (Å²) in [6.45, 7) is 0. The Labute approximate surface area is 137 Å². The average molecular weight is 320 g/mol. The highest BCUT2D eigenvalue weighted by molar-refractivity contribution is 7.06. The van der Waals surface area contributed by atoms with Crippen LogP contribution in [0.3, 0.4) is 0 Å². The lowest BCUT2D eigenvalue weighted by atomic mass is 10.0. The Morgan fingerprint density at radius 3 is 2.57 bits per heavy atom. The molecule has 0 unspecified atom stereocenters. The van der Waals surface area contributed by atoms with Crippen LogP contribution >= 0.6 is 11.5 Å². The van der Waals surface area contributed by atoms with E-state index >= 15 is 0 Å². The smallest absolute Gasteiger partial charge is 0.173 e. The van der Waals surface area contributed by atoms with Gasteiger partial charge in [-0.2, -0.15) is 4.37 Å². The minimum absolute atomic E-state index is 0.228. The van der Waals surface area contributed by atoms with Crippen LogP contribution in [0, 0.1) is 5.82 Å². The van der Waals surface area contributed by atoms with E-state index in [0.717, 1.165) is 39.5 Å². The molecule has 0 amide bonds. The van der Waals surface area contributed by atoms with Crippen molar-refractivity contribution in [3.05, 3.63) is 77.6 Å². The van der Waals surface area contributed by atoms with Crippen molar-refractivity contribution in [2.24, 2.45) is 0 Å². The SMILES string of the molecule is Fc1ccc(-c2cccc(-c3nsc(C4=CCC=C4)n3)c2)cc1. The van der Waals surface area contributed by atoms with Crippen molar-refractivity contribution in [2.75, 3.05) is 0 Å². The molecular formula is C19H13FN2S. The average Bonchev–Trinajstić information content (AvgIpc) is 3.27. The quantitative estimate of drug-likeness (QED) is 0.649. The summed E-state index contributed by atoms with van der Waals surface area (Å²) >= 11 is 1.42. The lowest BCUT2D eigenvalue weighted by Gasteiger charge is -2.03. The van der Waals surface area contributed by atoms with Gasteiger partial charge in [-0.05, 0) is 47.3 Å². The third-order valence-corrected chi connectivity index (χ3v) is 4.51. The molecule has 1 aromatic heterocycles. The Bertz CT molecular complexity index is 907. The van der Waals surface area contributed by atoms with E-state index in [1.807, 2.05) is 24.3 Å². The maximum absolute atomic E-state index is 13.1. The van der Waals surface area contributed by atoms with Crippen molar-refractivity contribution in [1.82, 2.24) is 9.36 Å². The molecule has 1 heterocycles. The fourth-order valence-corrected chi connectivity index (χ4v) is 3.26. The van der Waals surface area contributed by atoms with Gasteiger partial charge in [0.05, 0.1) is 0 Å². The first-order valence-corrected chi connectivity index (χ1v) is 8.14. The zero-order valence-electron chi connectivity index (χ0n) is 12.2. The molecule has 0 N–H and O–H groups in total. The highest BCUT2D eigenvalue weighted by Gasteiger charge is 2.11. The number of hydrogen-bond acceptors (Lipinski definition) is 3. The summed E-state index contributed by atoms with van der Waals surface area (Å²) in [6.07, 6.45) is 7.31. The molecule has 1 aliphatic rings. The Hall–Kier alpha value is -2.59. The molecule has 112 valence electrons. The first kappa shape index (κ1) is 14.0. The van der Waals surface area contributed by atoms with E-state index in [1.54, 1.807) is 12.1 Å². The van der Waals surface area contributed by atoms with Crippen molar-refractivity contribution in [2.45, 2.75) is 6.42 Å². The Morgan fingerprint density at radius 1 is 0.957 bits per heavy atom. The van der Waals surface area contributed by atoms with Crippen LogP contribution in [0.15, 0.2) is 66.8 Å². The summed E-state index contributed by atoms with van der Waals surface area (Å²) in [5.41, 5.74) is 4.12. The Morgan fingerprint density at radius 2 is 1.78 bits per heavy atom. The number of nitrogens with zero attached hydrogens (tertiary/aromatic N) is 2. The van der Waals surface area contributed by atoms with Gasteiger partial charge in [0, 0.05) is 11.1 Å². The largest absolute Gasteiger partial charge is 0.215 e. The summed E-state index contributed by atoms with van der Waals surface area (Å²) in [5.74, 6) is 0.503. The minimum atomic E-state index is -0.228. The van der Waals surface area contributed by atoms with E-state index < -0.39 is 0 Å². The third kappa shape index (κ3) is 2.85. The van der Waals surface area contributed by atoms with Gasteiger partial charge in [0.25, 0.3) is 0 Å². The molecular weight excluding hydrogens is 307 g/mol. The topological polar surface area (TPSA) is 25.8 Å².